The maximum atomic E-state index is 11.8. The third kappa shape index (κ3) is 10.0. The first-order chi connectivity index (χ1) is 9.32. The molecule has 21 heavy (non-hydrogen) atoms. The zero-order valence-corrected chi connectivity index (χ0v) is 13.9. The summed E-state index contributed by atoms with van der Waals surface area (Å²) in [6.45, 7) is 10.7. The first kappa shape index (κ1) is 19.6. The Labute approximate surface area is 126 Å². The van der Waals surface area contributed by atoms with E-state index in [-0.39, 0.29) is 35.7 Å². The van der Waals surface area contributed by atoms with E-state index in [0.29, 0.717) is 0 Å². The van der Waals surface area contributed by atoms with Crippen molar-refractivity contribution in [1.82, 2.24) is 0 Å². The van der Waals surface area contributed by atoms with Gasteiger partial charge < -0.3 is 19.1 Å². The second-order valence-corrected chi connectivity index (χ2v) is 6.90. The highest BCUT2D eigenvalue weighted by atomic mass is 16.6. The summed E-state index contributed by atoms with van der Waals surface area (Å²) >= 11 is 0. The molecule has 0 aliphatic carbocycles. The predicted octanol–water partition coefficient (Wildman–Crippen LogP) is 0.885. The average molecular weight is 302 g/mol. The van der Waals surface area contributed by atoms with E-state index in [1.54, 1.807) is 34.9 Å². The SMILES string of the molecule is C=C(C)C(=O)OCC(O)C[N+](C)(C)CC(=O)OC(C)(C)C. The van der Waals surface area contributed by atoms with Gasteiger partial charge in [0.25, 0.3) is 0 Å². The Bertz CT molecular complexity index is 395. The third-order valence-electron chi connectivity index (χ3n) is 2.44. The molecule has 6 nitrogen and oxygen atoms in total. The molecule has 0 aromatic heterocycles. The highest BCUT2D eigenvalue weighted by Gasteiger charge is 2.28. The van der Waals surface area contributed by atoms with E-state index in [1.807, 2.05) is 0 Å². The molecule has 0 fully saturated rings. The van der Waals surface area contributed by atoms with Gasteiger partial charge in [0.1, 0.15) is 24.9 Å². The van der Waals surface area contributed by atoms with Gasteiger partial charge in [0.05, 0.1) is 14.1 Å². The van der Waals surface area contributed by atoms with Crippen LogP contribution >= 0.6 is 0 Å². The standard InChI is InChI=1S/C15H28NO5/c1-11(2)14(19)20-10-12(17)8-16(6,7)9-13(18)21-15(3,4)5/h12,17H,1,8-10H2,2-7H3/q+1. The Morgan fingerprint density at radius 1 is 1.29 bits per heavy atom. The molecule has 6 heteroatoms. The fourth-order valence-electron chi connectivity index (χ4n) is 1.71. The number of aliphatic hydroxyl groups is 1. The van der Waals surface area contributed by atoms with E-state index in [1.165, 1.54) is 6.92 Å². The Kier molecular flexibility index (Phi) is 7.06. The monoisotopic (exact) mass is 302 g/mol. The van der Waals surface area contributed by atoms with Gasteiger partial charge in [0.2, 0.25) is 0 Å². The smallest absolute Gasteiger partial charge is 0.362 e. The molecule has 0 aliphatic rings. The largest absolute Gasteiger partial charge is 0.459 e. The minimum Gasteiger partial charge on any atom is -0.459 e. The zero-order chi connectivity index (χ0) is 16.8. The maximum absolute atomic E-state index is 11.8. The van der Waals surface area contributed by atoms with Crippen LogP contribution in [0.2, 0.25) is 0 Å². The van der Waals surface area contributed by atoms with Crippen LogP contribution < -0.4 is 0 Å². The molecule has 0 spiro atoms. The van der Waals surface area contributed by atoms with Gasteiger partial charge in [0.15, 0.2) is 6.54 Å². The van der Waals surface area contributed by atoms with Crippen molar-refractivity contribution in [3.8, 4) is 0 Å². The minimum atomic E-state index is -0.856. The molecular formula is C15H28NO5+. The van der Waals surface area contributed by atoms with Gasteiger partial charge in [-0.2, -0.15) is 0 Å². The molecule has 1 N–H and O–H groups in total. The van der Waals surface area contributed by atoms with Crippen molar-refractivity contribution in [3.63, 3.8) is 0 Å². The van der Waals surface area contributed by atoms with Crippen LogP contribution in [0.3, 0.4) is 0 Å². The van der Waals surface area contributed by atoms with Gasteiger partial charge >= 0.3 is 11.9 Å². The number of carbonyl (C=O) groups excluding carboxylic acids is 2. The lowest BCUT2D eigenvalue weighted by molar-refractivity contribution is -0.886. The van der Waals surface area contributed by atoms with Crippen LogP contribution in [-0.2, 0) is 19.1 Å². The van der Waals surface area contributed by atoms with Crippen molar-refractivity contribution >= 4 is 11.9 Å². The van der Waals surface area contributed by atoms with E-state index < -0.39 is 17.7 Å². The summed E-state index contributed by atoms with van der Waals surface area (Å²) in [5.41, 5.74) is -0.253. The predicted molar refractivity (Wildman–Crippen MR) is 79.5 cm³/mol. The average Bonchev–Trinajstić information content (AvgIpc) is 2.20. The molecule has 0 bridgehead atoms. The van der Waals surface area contributed by atoms with E-state index in [9.17, 15) is 14.7 Å². The van der Waals surface area contributed by atoms with Crippen LogP contribution in [0.5, 0.6) is 0 Å². The Balaban J connectivity index is 4.30. The Hall–Kier alpha value is -1.40. The summed E-state index contributed by atoms with van der Waals surface area (Å²) < 4.78 is 10.4. The van der Waals surface area contributed by atoms with E-state index in [4.69, 9.17) is 9.47 Å². The molecule has 0 radical (unpaired) electrons. The highest BCUT2D eigenvalue weighted by Crippen LogP contribution is 2.09. The maximum Gasteiger partial charge on any atom is 0.362 e. The Morgan fingerprint density at radius 2 is 1.81 bits per heavy atom. The molecule has 1 unspecified atom stereocenters. The lowest BCUT2D eigenvalue weighted by Crippen LogP contribution is -2.50. The quantitative estimate of drug-likeness (QED) is 0.429. The summed E-state index contributed by atoms with van der Waals surface area (Å²) in [5.74, 6) is -0.870. The number of nitrogens with zero attached hydrogens (tertiary/aromatic N) is 1. The fourth-order valence-corrected chi connectivity index (χ4v) is 1.71. The molecule has 122 valence electrons. The molecule has 0 rings (SSSR count). The van der Waals surface area contributed by atoms with Gasteiger partial charge in [0, 0.05) is 5.57 Å². The molecule has 0 saturated heterocycles. The molecule has 0 heterocycles. The fraction of sp³-hybridized carbons (Fsp3) is 0.733. The van der Waals surface area contributed by atoms with Crippen LogP contribution in [0.1, 0.15) is 27.7 Å². The number of hydrogen-bond acceptors (Lipinski definition) is 5. The molecule has 0 saturated carbocycles. The lowest BCUT2D eigenvalue weighted by Gasteiger charge is -2.31. The van der Waals surface area contributed by atoms with Crippen LogP contribution in [0.15, 0.2) is 12.2 Å². The number of aliphatic hydroxyl groups excluding tert-OH is 1. The second kappa shape index (κ2) is 7.56. The van der Waals surface area contributed by atoms with Crippen molar-refractivity contribution in [2.24, 2.45) is 0 Å². The number of quaternary nitrogens is 1. The van der Waals surface area contributed by atoms with E-state index in [0.717, 1.165) is 0 Å². The molecule has 0 aliphatic heterocycles. The summed E-state index contributed by atoms with van der Waals surface area (Å²) in [6, 6.07) is 0. The third-order valence-corrected chi connectivity index (χ3v) is 2.44. The summed E-state index contributed by atoms with van der Waals surface area (Å²) in [5, 5.41) is 9.89. The van der Waals surface area contributed by atoms with Crippen LogP contribution in [0.25, 0.3) is 0 Å². The first-order valence-corrected chi connectivity index (χ1v) is 6.87. The van der Waals surface area contributed by atoms with Crippen molar-refractivity contribution in [1.29, 1.82) is 0 Å². The van der Waals surface area contributed by atoms with Crippen LogP contribution in [-0.4, -0.2) is 67.0 Å². The Morgan fingerprint density at radius 3 is 2.24 bits per heavy atom. The van der Waals surface area contributed by atoms with Crippen molar-refractivity contribution in [3.05, 3.63) is 12.2 Å². The van der Waals surface area contributed by atoms with E-state index in [2.05, 4.69) is 6.58 Å². The van der Waals surface area contributed by atoms with Crippen LogP contribution in [0, 0.1) is 0 Å². The second-order valence-electron chi connectivity index (χ2n) is 6.90. The van der Waals surface area contributed by atoms with Crippen molar-refractivity contribution in [2.45, 2.75) is 39.4 Å². The number of likely N-dealkylation sites (N-methyl/N-ethyl adjacent to an activating group) is 1. The molecule has 1 atom stereocenters. The topological polar surface area (TPSA) is 72.8 Å². The molecule has 0 amide bonds. The normalized spacial score (nSPS) is 13.5. The summed E-state index contributed by atoms with van der Waals surface area (Å²) in [4.78, 5) is 23.0. The number of ether oxygens (including phenoxy) is 2. The van der Waals surface area contributed by atoms with Crippen molar-refractivity contribution < 1.29 is 28.7 Å². The molecule has 0 aromatic carbocycles. The summed E-state index contributed by atoms with van der Waals surface area (Å²) in [6.07, 6.45) is -0.856. The number of hydrogen-bond donors (Lipinski definition) is 1. The van der Waals surface area contributed by atoms with E-state index >= 15 is 0 Å². The number of esters is 2. The van der Waals surface area contributed by atoms with Gasteiger partial charge in [-0.05, 0) is 27.7 Å². The molecular weight excluding hydrogens is 274 g/mol. The lowest BCUT2D eigenvalue weighted by atomic mass is 10.2. The van der Waals surface area contributed by atoms with Gasteiger partial charge in [-0.15, -0.1) is 0 Å². The number of rotatable bonds is 7. The zero-order valence-electron chi connectivity index (χ0n) is 13.9. The number of carbonyl (C=O) groups is 2. The van der Waals surface area contributed by atoms with Gasteiger partial charge in [-0.25, -0.2) is 9.59 Å². The van der Waals surface area contributed by atoms with Gasteiger partial charge in [-0.1, -0.05) is 6.58 Å². The van der Waals surface area contributed by atoms with Gasteiger partial charge in [-0.3, -0.25) is 0 Å². The van der Waals surface area contributed by atoms with Crippen LogP contribution in [0.4, 0.5) is 0 Å². The highest BCUT2D eigenvalue weighted by molar-refractivity contribution is 5.86. The molecule has 0 aromatic rings. The van der Waals surface area contributed by atoms with Crippen molar-refractivity contribution in [2.75, 3.05) is 33.8 Å². The minimum absolute atomic E-state index is 0.123. The summed E-state index contributed by atoms with van der Waals surface area (Å²) in [7, 11) is 3.60. The first-order valence-electron chi connectivity index (χ1n) is 6.87.